The van der Waals surface area contributed by atoms with Crippen molar-refractivity contribution in [2.45, 2.75) is 6.42 Å². The van der Waals surface area contributed by atoms with Crippen LogP contribution in [0.15, 0.2) is 24.3 Å². The standard InChI is InChI=1S/C14H11NO4/c15-8-2-6-1-7-3-9(16)5-11(18)13(7)14(19)12(6)10(17)4-8/h2-5,16-18H,1,15H2. The molecule has 1 aliphatic carbocycles. The van der Waals surface area contributed by atoms with Gasteiger partial charge in [0.05, 0.1) is 11.1 Å². The first-order valence-electron chi connectivity index (χ1n) is 5.68. The van der Waals surface area contributed by atoms with E-state index in [1.54, 1.807) is 6.07 Å². The molecule has 0 fully saturated rings. The molecule has 2 aromatic rings. The van der Waals surface area contributed by atoms with Gasteiger partial charge in [-0.15, -0.1) is 0 Å². The highest BCUT2D eigenvalue weighted by Crippen LogP contribution is 2.39. The van der Waals surface area contributed by atoms with Crippen LogP contribution < -0.4 is 5.73 Å². The Morgan fingerprint density at radius 3 is 2.16 bits per heavy atom. The fourth-order valence-electron chi connectivity index (χ4n) is 2.51. The molecule has 1 aliphatic rings. The van der Waals surface area contributed by atoms with Crippen LogP contribution in [0.3, 0.4) is 0 Å². The number of carbonyl (C=O) groups excluding carboxylic acids is 1. The number of rotatable bonds is 0. The predicted octanol–water partition coefficient (Wildman–Crippen LogP) is 1.52. The molecule has 19 heavy (non-hydrogen) atoms. The largest absolute Gasteiger partial charge is 0.508 e. The molecular weight excluding hydrogens is 246 g/mol. The van der Waals surface area contributed by atoms with Crippen molar-refractivity contribution in [2.75, 3.05) is 5.73 Å². The summed E-state index contributed by atoms with van der Waals surface area (Å²) in [6, 6.07) is 5.45. The SMILES string of the molecule is Nc1cc(O)c2c(c1)Cc1cc(O)cc(O)c1C2=O. The lowest BCUT2D eigenvalue weighted by Crippen LogP contribution is -2.16. The Balaban J connectivity index is 2.29. The third-order valence-corrected chi connectivity index (χ3v) is 3.24. The summed E-state index contributed by atoms with van der Waals surface area (Å²) in [4.78, 5) is 12.3. The number of phenols is 3. The summed E-state index contributed by atoms with van der Waals surface area (Å²) in [5.41, 5.74) is 7.36. The second kappa shape index (κ2) is 3.65. The number of carbonyl (C=O) groups is 1. The van der Waals surface area contributed by atoms with Crippen LogP contribution in [-0.2, 0) is 6.42 Å². The first kappa shape index (κ1) is 11.4. The van der Waals surface area contributed by atoms with Crippen molar-refractivity contribution >= 4 is 11.5 Å². The van der Waals surface area contributed by atoms with E-state index in [9.17, 15) is 20.1 Å². The summed E-state index contributed by atoms with van der Waals surface area (Å²) >= 11 is 0. The summed E-state index contributed by atoms with van der Waals surface area (Å²) in [6.45, 7) is 0. The van der Waals surface area contributed by atoms with Crippen LogP contribution in [0.4, 0.5) is 5.69 Å². The molecule has 5 heteroatoms. The van der Waals surface area contributed by atoms with E-state index in [2.05, 4.69) is 0 Å². The third-order valence-electron chi connectivity index (χ3n) is 3.24. The van der Waals surface area contributed by atoms with Gasteiger partial charge in [0.15, 0.2) is 0 Å². The van der Waals surface area contributed by atoms with E-state index in [4.69, 9.17) is 5.73 Å². The first-order chi connectivity index (χ1) is 8.97. The molecule has 0 unspecified atom stereocenters. The lowest BCUT2D eigenvalue weighted by Gasteiger charge is -2.20. The minimum atomic E-state index is -0.466. The lowest BCUT2D eigenvalue weighted by molar-refractivity contribution is 0.103. The second-order valence-corrected chi connectivity index (χ2v) is 4.58. The minimum absolute atomic E-state index is 0.111. The number of hydrogen-bond acceptors (Lipinski definition) is 5. The van der Waals surface area contributed by atoms with E-state index in [0.717, 1.165) is 6.07 Å². The highest BCUT2D eigenvalue weighted by molar-refractivity contribution is 6.15. The van der Waals surface area contributed by atoms with E-state index in [-0.39, 0.29) is 28.4 Å². The van der Waals surface area contributed by atoms with E-state index in [0.29, 0.717) is 23.2 Å². The highest BCUT2D eigenvalue weighted by Gasteiger charge is 2.29. The fraction of sp³-hybridized carbons (Fsp3) is 0.0714. The molecule has 0 heterocycles. The van der Waals surface area contributed by atoms with Gasteiger partial charge in [-0.1, -0.05) is 0 Å². The molecule has 0 aliphatic heterocycles. The molecule has 0 saturated carbocycles. The number of hydrogen-bond donors (Lipinski definition) is 4. The Morgan fingerprint density at radius 1 is 0.895 bits per heavy atom. The maximum absolute atomic E-state index is 12.3. The zero-order chi connectivity index (χ0) is 13.7. The second-order valence-electron chi connectivity index (χ2n) is 4.58. The van der Waals surface area contributed by atoms with Gasteiger partial charge in [0.1, 0.15) is 17.2 Å². The van der Waals surface area contributed by atoms with Gasteiger partial charge in [-0.05, 0) is 29.7 Å². The van der Waals surface area contributed by atoms with Gasteiger partial charge in [-0.2, -0.15) is 0 Å². The van der Waals surface area contributed by atoms with Crippen molar-refractivity contribution in [3.05, 3.63) is 46.5 Å². The first-order valence-corrected chi connectivity index (χ1v) is 5.68. The van der Waals surface area contributed by atoms with Gasteiger partial charge in [-0.25, -0.2) is 0 Å². The van der Waals surface area contributed by atoms with Crippen molar-refractivity contribution in [3.8, 4) is 17.2 Å². The molecule has 96 valence electrons. The quantitative estimate of drug-likeness (QED) is 0.457. The summed E-state index contributed by atoms with van der Waals surface area (Å²) in [6.07, 6.45) is 0.316. The van der Waals surface area contributed by atoms with Gasteiger partial charge in [0.2, 0.25) is 5.78 Å². The molecule has 5 nitrogen and oxygen atoms in total. The normalized spacial score (nSPS) is 12.9. The Morgan fingerprint density at radius 2 is 1.47 bits per heavy atom. The molecular formula is C14H11NO4. The molecule has 2 aromatic carbocycles. The molecule has 5 N–H and O–H groups in total. The Bertz CT molecular complexity index is 662. The zero-order valence-corrected chi connectivity index (χ0v) is 9.84. The third kappa shape index (κ3) is 1.59. The fourth-order valence-corrected chi connectivity index (χ4v) is 2.51. The van der Waals surface area contributed by atoms with Crippen LogP contribution >= 0.6 is 0 Å². The van der Waals surface area contributed by atoms with Crippen LogP contribution in [0.25, 0.3) is 0 Å². The van der Waals surface area contributed by atoms with Gasteiger partial charge < -0.3 is 21.1 Å². The van der Waals surface area contributed by atoms with E-state index in [1.165, 1.54) is 12.1 Å². The number of phenolic OH excluding ortho intramolecular Hbond substituents is 3. The van der Waals surface area contributed by atoms with Crippen LogP contribution in [0.2, 0.25) is 0 Å². The van der Waals surface area contributed by atoms with E-state index < -0.39 is 5.78 Å². The molecule has 0 radical (unpaired) electrons. The molecule has 0 atom stereocenters. The number of benzene rings is 2. The number of nitrogen functional groups attached to an aromatic ring is 1. The number of anilines is 1. The predicted molar refractivity (Wildman–Crippen MR) is 68.5 cm³/mol. The average Bonchev–Trinajstić information content (AvgIpc) is 2.25. The molecule has 0 spiro atoms. The van der Waals surface area contributed by atoms with Crippen LogP contribution in [0.5, 0.6) is 17.2 Å². The van der Waals surface area contributed by atoms with Crippen molar-refractivity contribution < 1.29 is 20.1 Å². The van der Waals surface area contributed by atoms with Crippen LogP contribution in [0, 0.1) is 0 Å². The summed E-state index contributed by atoms with van der Waals surface area (Å²) < 4.78 is 0. The van der Waals surface area contributed by atoms with E-state index in [1.807, 2.05) is 0 Å². The Labute approximate surface area is 108 Å². The number of nitrogens with two attached hydrogens (primary N) is 1. The molecule has 0 amide bonds. The Hall–Kier alpha value is -2.69. The molecule has 3 rings (SSSR count). The van der Waals surface area contributed by atoms with Crippen molar-refractivity contribution in [1.82, 2.24) is 0 Å². The van der Waals surface area contributed by atoms with Crippen molar-refractivity contribution in [1.29, 1.82) is 0 Å². The van der Waals surface area contributed by atoms with Gasteiger partial charge >= 0.3 is 0 Å². The lowest BCUT2D eigenvalue weighted by atomic mass is 9.83. The maximum Gasteiger partial charge on any atom is 0.201 e. The topological polar surface area (TPSA) is 104 Å². The zero-order valence-electron chi connectivity index (χ0n) is 9.84. The summed E-state index contributed by atoms with van der Waals surface area (Å²) in [5, 5.41) is 29.1. The smallest absolute Gasteiger partial charge is 0.201 e. The molecule has 0 bridgehead atoms. The average molecular weight is 257 g/mol. The monoisotopic (exact) mass is 257 g/mol. The molecule has 0 aromatic heterocycles. The summed E-state index contributed by atoms with van der Waals surface area (Å²) in [7, 11) is 0. The van der Waals surface area contributed by atoms with Crippen molar-refractivity contribution in [2.24, 2.45) is 0 Å². The number of aromatic hydroxyl groups is 3. The highest BCUT2D eigenvalue weighted by atomic mass is 16.3. The summed E-state index contributed by atoms with van der Waals surface area (Å²) in [5.74, 6) is -1.06. The van der Waals surface area contributed by atoms with Crippen LogP contribution in [0.1, 0.15) is 27.0 Å². The van der Waals surface area contributed by atoms with Gasteiger partial charge in [0.25, 0.3) is 0 Å². The van der Waals surface area contributed by atoms with Gasteiger partial charge in [0, 0.05) is 17.8 Å². The maximum atomic E-state index is 12.3. The molecule has 0 saturated heterocycles. The minimum Gasteiger partial charge on any atom is -0.508 e. The number of ketones is 1. The van der Waals surface area contributed by atoms with Crippen LogP contribution in [-0.4, -0.2) is 21.1 Å². The van der Waals surface area contributed by atoms with E-state index >= 15 is 0 Å². The number of fused-ring (bicyclic) bond motifs is 2. The van der Waals surface area contributed by atoms with Gasteiger partial charge in [-0.3, -0.25) is 4.79 Å². The Kier molecular flexibility index (Phi) is 2.19. The van der Waals surface area contributed by atoms with Crippen molar-refractivity contribution in [3.63, 3.8) is 0 Å².